The molecule has 1 amide bonds. The summed E-state index contributed by atoms with van der Waals surface area (Å²) in [4.78, 5) is 36.0. The average molecular weight is 268 g/mol. The minimum Gasteiger partial charge on any atom is -0.377 e. The molecule has 0 N–H and O–H groups in total. The minimum atomic E-state index is -0.711. The van der Waals surface area contributed by atoms with Crippen molar-refractivity contribution < 1.29 is 19.1 Å². The number of amides is 1. The normalized spacial score (nSPS) is 14.0. The number of hydrogen-bond acceptors (Lipinski definition) is 4. The van der Waals surface area contributed by atoms with Crippen LogP contribution in [0.3, 0.4) is 0 Å². The summed E-state index contributed by atoms with van der Waals surface area (Å²) < 4.78 is 4.69. The second-order valence-corrected chi connectivity index (χ2v) is 4.29. The number of ketones is 2. The van der Waals surface area contributed by atoms with E-state index in [1.165, 1.54) is 25.3 Å². The van der Waals surface area contributed by atoms with Gasteiger partial charge in [0, 0.05) is 12.1 Å². The van der Waals surface area contributed by atoms with Crippen molar-refractivity contribution in [1.29, 1.82) is 0 Å². The van der Waals surface area contributed by atoms with Crippen molar-refractivity contribution in [2.75, 3.05) is 25.2 Å². The molecule has 0 aromatic heterocycles. The standard InChI is InChI=1S/C12H10ClNO4/c1-18-6-8(15)5-14-10-4-7(13)2-3-9(10)11(16)12(14)17/h2-4H,5-6H2,1H3. The Balaban J connectivity index is 2.33. The predicted octanol–water partition coefficient (Wildman–Crippen LogP) is 1.08. The number of rotatable bonds is 4. The van der Waals surface area contributed by atoms with Crippen LogP contribution in [0.5, 0.6) is 0 Å². The lowest BCUT2D eigenvalue weighted by Gasteiger charge is -2.15. The number of benzene rings is 1. The minimum absolute atomic E-state index is 0.103. The van der Waals surface area contributed by atoms with Crippen molar-refractivity contribution in [2.45, 2.75) is 0 Å². The van der Waals surface area contributed by atoms with E-state index >= 15 is 0 Å². The Labute approximate surface area is 108 Å². The molecule has 0 aliphatic carbocycles. The molecule has 0 atom stereocenters. The Kier molecular flexibility index (Phi) is 3.45. The van der Waals surface area contributed by atoms with Crippen molar-refractivity contribution in [3.63, 3.8) is 0 Å². The summed E-state index contributed by atoms with van der Waals surface area (Å²) in [6.07, 6.45) is 0. The van der Waals surface area contributed by atoms with Crippen molar-refractivity contribution in [3.05, 3.63) is 28.8 Å². The highest BCUT2D eigenvalue weighted by Crippen LogP contribution is 2.31. The van der Waals surface area contributed by atoms with Crippen molar-refractivity contribution in [2.24, 2.45) is 0 Å². The fraction of sp³-hybridized carbons (Fsp3) is 0.250. The molecule has 1 aromatic carbocycles. The van der Waals surface area contributed by atoms with Crippen LogP contribution in [-0.2, 0) is 14.3 Å². The third kappa shape index (κ3) is 2.14. The lowest BCUT2D eigenvalue weighted by atomic mass is 10.1. The lowest BCUT2D eigenvalue weighted by molar-refractivity contribution is -0.123. The highest BCUT2D eigenvalue weighted by atomic mass is 35.5. The number of Topliss-reactive ketones (excluding diaryl/α,β-unsaturated/α-hetero) is 2. The maximum absolute atomic E-state index is 11.8. The van der Waals surface area contributed by atoms with Crippen LogP contribution in [0.4, 0.5) is 5.69 Å². The Morgan fingerprint density at radius 3 is 2.78 bits per heavy atom. The predicted molar refractivity (Wildman–Crippen MR) is 65.0 cm³/mol. The molecular weight excluding hydrogens is 258 g/mol. The zero-order chi connectivity index (χ0) is 13.3. The number of halogens is 1. The zero-order valence-corrected chi connectivity index (χ0v) is 10.4. The Morgan fingerprint density at radius 1 is 1.39 bits per heavy atom. The number of anilines is 1. The summed E-state index contributed by atoms with van der Waals surface area (Å²) in [6, 6.07) is 4.52. The number of carbonyl (C=O) groups is 3. The first-order valence-corrected chi connectivity index (χ1v) is 5.58. The third-order valence-electron chi connectivity index (χ3n) is 2.57. The van der Waals surface area contributed by atoms with E-state index in [0.29, 0.717) is 10.7 Å². The van der Waals surface area contributed by atoms with Gasteiger partial charge in [0.05, 0.1) is 17.8 Å². The van der Waals surface area contributed by atoms with E-state index in [4.69, 9.17) is 11.6 Å². The van der Waals surface area contributed by atoms with Crippen LogP contribution in [0.2, 0.25) is 5.02 Å². The lowest BCUT2D eigenvalue weighted by Crippen LogP contribution is -2.35. The molecule has 94 valence electrons. The second kappa shape index (κ2) is 4.88. The Hall–Kier alpha value is -1.72. The molecule has 1 aliphatic rings. The van der Waals surface area contributed by atoms with E-state index in [9.17, 15) is 14.4 Å². The third-order valence-corrected chi connectivity index (χ3v) is 2.81. The van der Waals surface area contributed by atoms with Gasteiger partial charge in [-0.3, -0.25) is 19.3 Å². The summed E-state index contributed by atoms with van der Waals surface area (Å²) in [7, 11) is 1.39. The van der Waals surface area contributed by atoms with E-state index in [1.807, 2.05) is 0 Å². The molecule has 1 aromatic rings. The topological polar surface area (TPSA) is 63.7 Å². The van der Waals surface area contributed by atoms with Gasteiger partial charge in [0.2, 0.25) is 0 Å². The van der Waals surface area contributed by atoms with Crippen molar-refractivity contribution >= 4 is 34.8 Å². The van der Waals surface area contributed by atoms with Gasteiger partial charge >= 0.3 is 0 Å². The van der Waals surface area contributed by atoms with E-state index in [1.54, 1.807) is 0 Å². The summed E-state index contributed by atoms with van der Waals surface area (Å²) >= 11 is 5.82. The van der Waals surface area contributed by atoms with Crippen LogP contribution in [0.15, 0.2) is 18.2 Å². The molecule has 1 aliphatic heterocycles. The largest absolute Gasteiger partial charge is 0.377 e. The van der Waals surface area contributed by atoms with Crippen LogP contribution in [0.1, 0.15) is 10.4 Å². The molecular formula is C12H10ClNO4. The molecule has 1 heterocycles. The van der Waals surface area contributed by atoms with E-state index < -0.39 is 11.7 Å². The molecule has 0 fully saturated rings. The van der Waals surface area contributed by atoms with Gasteiger partial charge in [-0.25, -0.2) is 0 Å². The highest BCUT2D eigenvalue weighted by Gasteiger charge is 2.36. The van der Waals surface area contributed by atoms with Crippen LogP contribution in [0.25, 0.3) is 0 Å². The fourth-order valence-corrected chi connectivity index (χ4v) is 1.97. The van der Waals surface area contributed by atoms with Gasteiger partial charge in [0.15, 0.2) is 5.78 Å². The zero-order valence-electron chi connectivity index (χ0n) is 9.60. The first kappa shape index (κ1) is 12.7. The summed E-state index contributed by atoms with van der Waals surface area (Å²) in [5.41, 5.74) is 0.650. The Bertz CT molecular complexity index is 541. The molecule has 0 saturated heterocycles. The van der Waals surface area contributed by atoms with Gasteiger partial charge < -0.3 is 4.74 Å². The van der Waals surface area contributed by atoms with Crippen LogP contribution in [-0.4, -0.2) is 37.7 Å². The molecule has 0 unspecified atom stereocenters. The maximum Gasteiger partial charge on any atom is 0.299 e. The molecule has 0 radical (unpaired) electrons. The first-order chi connectivity index (χ1) is 8.54. The fourth-order valence-electron chi connectivity index (χ4n) is 1.81. The number of hydrogen-bond donors (Lipinski definition) is 0. The molecule has 6 heteroatoms. The SMILES string of the molecule is COCC(=O)CN1C(=O)C(=O)c2ccc(Cl)cc21. The van der Waals surface area contributed by atoms with Crippen LogP contribution >= 0.6 is 11.6 Å². The summed E-state index contributed by atoms with van der Waals surface area (Å²) in [5.74, 6) is -1.62. The monoisotopic (exact) mass is 267 g/mol. The van der Waals surface area contributed by atoms with Crippen molar-refractivity contribution in [1.82, 2.24) is 0 Å². The smallest absolute Gasteiger partial charge is 0.299 e. The second-order valence-electron chi connectivity index (χ2n) is 3.85. The van der Waals surface area contributed by atoms with Crippen LogP contribution in [0, 0.1) is 0 Å². The molecule has 2 rings (SSSR count). The van der Waals surface area contributed by atoms with Crippen molar-refractivity contribution in [3.8, 4) is 0 Å². The molecule has 0 bridgehead atoms. The summed E-state index contributed by atoms with van der Waals surface area (Å²) in [5, 5.41) is 0.403. The van der Waals surface area contributed by atoms with Gasteiger partial charge in [0.25, 0.3) is 11.7 Å². The summed E-state index contributed by atoms with van der Waals surface area (Å²) in [6.45, 7) is -0.292. The molecule has 0 spiro atoms. The average Bonchev–Trinajstić information content (AvgIpc) is 2.55. The van der Waals surface area contributed by atoms with Gasteiger partial charge in [-0.05, 0) is 18.2 Å². The first-order valence-electron chi connectivity index (χ1n) is 5.21. The van der Waals surface area contributed by atoms with Gasteiger partial charge in [0.1, 0.15) is 6.61 Å². The quantitative estimate of drug-likeness (QED) is 0.766. The number of ether oxygens (including phenoxy) is 1. The molecule has 18 heavy (non-hydrogen) atoms. The van der Waals surface area contributed by atoms with E-state index in [-0.39, 0.29) is 24.5 Å². The Morgan fingerprint density at radius 2 is 2.11 bits per heavy atom. The number of fused-ring (bicyclic) bond motifs is 1. The number of carbonyl (C=O) groups excluding carboxylic acids is 3. The maximum atomic E-state index is 11.8. The molecule has 5 nitrogen and oxygen atoms in total. The van der Waals surface area contributed by atoms with E-state index in [0.717, 1.165) is 4.90 Å². The van der Waals surface area contributed by atoms with E-state index in [2.05, 4.69) is 4.74 Å². The van der Waals surface area contributed by atoms with Crippen LogP contribution < -0.4 is 4.90 Å². The number of nitrogens with zero attached hydrogens (tertiary/aromatic N) is 1. The number of methoxy groups -OCH3 is 1. The molecule has 0 saturated carbocycles. The van der Waals surface area contributed by atoms with Gasteiger partial charge in [-0.1, -0.05) is 11.6 Å². The van der Waals surface area contributed by atoms with Gasteiger partial charge in [-0.2, -0.15) is 0 Å². The van der Waals surface area contributed by atoms with Gasteiger partial charge in [-0.15, -0.1) is 0 Å². The highest BCUT2D eigenvalue weighted by molar-refractivity contribution is 6.53.